The molecule has 0 bridgehead atoms. The van der Waals surface area contributed by atoms with Crippen molar-refractivity contribution in [1.29, 1.82) is 0 Å². The fourth-order valence-electron chi connectivity index (χ4n) is 3.89. The summed E-state index contributed by atoms with van der Waals surface area (Å²) in [5.41, 5.74) is 1.47. The minimum atomic E-state index is -0.0523. The number of carbonyl (C=O) groups is 1. The topological polar surface area (TPSA) is 101 Å². The van der Waals surface area contributed by atoms with Crippen molar-refractivity contribution < 1.29 is 14.3 Å². The van der Waals surface area contributed by atoms with Crippen LogP contribution in [0.4, 0.5) is 11.5 Å². The lowest BCUT2D eigenvalue weighted by molar-refractivity contribution is -0.121. The van der Waals surface area contributed by atoms with Gasteiger partial charge in [-0.15, -0.1) is 0 Å². The van der Waals surface area contributed by atoms with E-state index >= 15 is 0 Å². The first-order chi connectivity index (χ1) is 14.2. The Kier molecular flexibility index (Phi) is 4.64. The standard InChI is InChI=1S/C19H23N7O3/c1-13-11-29-8-6-24(13)17-9-15(25-5-2-7-28-12-18(25)27)14-10-21-26(19(14)22-17)16-3-4-20-23-16/h3-4,9-10,13H,2,5-8,11-12H2,1H3,(H,20,23)/t13-/m1/s1. The van der Waals surface area contributed by atoms with Crippen molar-refractivity contribution in [1.82, 2.24) is 25.0 Å². The molecule has 2 fully saturated rings. The van der Waals surface area contributed by atoms with Crippen LogP contribution in [0.1, 0.15) is 13.3 Å². The van der Waals surface area contributed by atoms with E-state index in [0.717, 1.165) is 29.9 Å². The van der Waals surface area contributed by atoms with Crippen molar-refractivity contribution in [2.24, 2.45) is 0 Å². The zero-order chi connectivity index (χ0) is 19.8. The molecule has 0 aliphatic carbocycles. The Hall–Kier alpha value is -2.98. The Bertz CT molecular complexity index is 1020. The maximum Gasteiger partial charge on any atom is 0.252 e. The quantitative estimate of drug-likeness (QED) is 0.707. The van der Waals surface area contributed by atoms with Gasteiger partial charge in [-0.2, -0.15) is 14.9 Å². The van der Waals surface area contributed by atoms with Crippen LogP contribution in [-0.4, -0.2) is 76.4 Å². The summed E-state index contributed by atoms with van der Waals surface area (Å²) in [5, 5.41) is 12.4. The number of ether oxygens (including phenoxy) is 2. The second-order valence-electron chi connectivity index (χ2n) is 7.29. The summed E-state index contributed by atoms with van der Waals surface area (Å²) in [4.78, 5) is 21.7. The molecule has 0 radical (unpaired) electrons. The predicted molar refractivity (Wildman–Crippen MR) is 106 cm³/mol. The fraction of sp³-hybridized carbons (Fsp3) is 0.474. The first-order valence-electron chi connectivity index (χ1n) is 9.84. The SMILES string of the molecule is C[C@@H]1COCCN1c1cc(N2CCCOCC2=O)c2cnn(-c3cc[nH]n3)c2n1. The van der Waals surface area contributed by atoms with E-state index in [2.05, 4.69) is 27.1 Å². The van der Waals surface area contributed by atoms with Crippen molar-refractivity contribution in [3.05, 3.63) is 24.5 Å². The number of aromatic amines is 1. The minimum absolute atomic E-state index is 0.0523. The molecular weight excluding hydrogens is 374 g/mol. The normalized spacial score (nSPS) is 21.0. The molecule has 0 aromatic carbocycles. The molecule has 1 N–H and O–H groups in total. The molecule has 2 aliphatic heterocycles. The largest absolute Gasteiger partial charge is 0.377 e. The van der Waals surface area contributed by atoms with Crippen molar-refractivity contribution in [2.75, 3.05) is 49.3 Å². The van der Waals surface area contributed by atoms with E-state index in [1.54, 1.807) is 22.0 Å². The van der Waals surface area contributed by atoms with Crippen molar-refractivity contribution in [3.8, 4) is 5.82 Å². The highest BCUT2D eigenvalue weighted by Crippen LogP contribution is 2.33. The van der Waals surface area contributed by atoms with Gasteiger partial charge in [0.15, 0.2) is 11.5 Å². The number of H-pyrrole nitrogens is 1. The Morgan fingerprint density at radius 3 is 2.97 bits per heavy atom. The van der Waals surface area contributed by atoms with Crippen LogP contribution in [0, 0.1) is 0 Å². The van der Waals surface area contributed by atoms with Gasteiger partial charge in [0.1, 0.15) is 12.4 Å². The van der Waals surface area contributed by atoms with Gasteiger partial charge in [-0.25, -0.2) is 4.98 Å². The van der Waals surface area contributed by atoms with E-state index in [0.29, 0.717) is 37.8 Å². The minimum Gasteiger partial charge on any atom is -0.377 e. The van der Waals surface area contributed by atoms with Crippen LogP contribution in [0.25, 0.3) is 16.9 Å². The van der Waals surface area contributed by atoms with E-state index in [4.69, 9.17) is 14.5 Å². The molecule has 0 saturated carbocycles. The van der Waals surface area contributed by atoms with Crippen LogP contribution in [0.2, 0.25) is 0 Å². The predicted octanol–water partition coefficient (Wildman–Crippen LogP) is 1.12. The number of hydrogen-bond donors (Lipinski definition) is 1. The van der Waals surface area contributed by atoms with Gasteiger partial charge in [0, 0.05) is 38.0 Å². The number of aromatic nitrogens is 5. The van der Waals surface area contributed by atoms with Crippen LogP contribution < -0.4 is 9.80 Å². The molecule has 152 valence electrons. The van der Waals surface area contributed by atoms with E-state index in [9.17, 15) is 4.79 Å². The second kappa shape index (κ2) is 7.45. The molecule has 10 heteroatoms. The number of amides is 1. The van der Waals surface area contributed by atoms with Crippen LogP contribution in [0.15, 0.2) is 24.5 Å². The van der Waals surface area contributed by atoms with Gasteiger partial charge in [-0.1, -0.05) is 0 Å². The molecule has 2 aliphatic rings. The molecule has 1 atom stereocenters. The number of nitrogens with zero attached hydrogens (tertiary/aromatic N) is 6. The highest BCUT2D eigenvalue weighted by molar-refractivity contribution is 6.03. The first-order valence-corrected chi connectivity index (χ1v) is 9.84. The number of pyridine rings is 1. The Morgan fingerprint density at radius 2 is 2.14 bits per heavy atom. The lowest BCUT2D eigenvalue weighted by Gasteiger charge is -2.35. The van der Waals surface area contributed by atoms with Crippen molar-refractivity contribution in [3.63, 3.8) is 0 Å². The summed E-state index contributed by atoms with van der Waals surface area (Å²) in [5.74, 6) is 1.40. The summed E-state index contributed by atoms with van der Waals surface area (Å²) < 4.78 is 12.7. The summed E-state index contributed by atoms with van der Waals surface area (Å²) >= 11 is 0. The van der Waals surface area contributed by atoms with Gasteiger partial charge >= 0.3 is 0 Å². The summed E-state index contributed by atoms with van der Waals surface area (Å²) in [7, 11) is 0. The third-order valence-corrected chi connectivity index (χ3v) is 5.36. The smallest absolute Gasteiger partial charge is 0.252 e. The van der Waals surface area contributed by atoms with Gasteiger partial charge in [0.25, 0.3) is 5.91 Å². The average Bonchev–Trinajstić information content (AvgIpc) is 3.35. The molecule has 10 nitrogen and oxygen atoms in total. The molecule has 5 rings (SSSR count). The molecule has 3 aromatic heterocycles. The zero-order valence-electron chi connectivity index (χ0n) is 16.2. The van der Waals surface area contributed by atoms with Crippen LogP contribution >= 0.6 is 0 Å². The monoisotopic (exact) mass is 397 g/mol. The molecule has 1 amide bonds. The van der Waals surface area contributed by atoms with E-state index in [-0.39, 0.29) is 18.6 Å². The molecule has 0 unspecified atom stereocenters. The molecule has 3 aromatic rings. The number of rotatable bonds is 3. The Balaban J connectivity index is 1.69. The van der Waals surface area contributed by atoms with E-state index < -0.39 is 0 Å². The Morgan fingerprint density at radius 1 is 1.21 bits per heavy atom. The van der Waals surface area contributed by atoms with Crippen LogP contribution in [0.5, 0.6) is 0 Å². The van der Waals surface area contributed by atoms with Gasteiger partial charge in [-0.3, -0.25) is 9.89 Å². The summed E-state index contributed by atoms with van der Waals surface area (Å²) in [6, 6.07) is 4.01. The number of fused-ring (bicyclic) bond motifs is 1. The molecule has 5 heterocycles. The van der Waals surface area contributed by atoms with Crippen molar-refractivity contribution in [2.45, 2.75) is 19.4 Å². The van der Waals surface area contributed by atoms with Crippen molar-refractivity contribution >= 4 is 28.4 Å². The van der Waals surface area contributed by atoms with Gasteiger partial charge in [0.2, 0.25) is 0 Å². The lowest BCUT2D eigenvalue weighted by Crippen LogP contribution is -2.44. The highest BCUT2D eigenvalue weighted by atomic mass is 16.5. The lowest BCUT2D eigenvalue weighted by atomic mass is 10.2. The summed E-state index contributed by atoms with van der Waals surface area (Å²) in [6.45, 7) is 5.41. The number of morpholine rings is 1. The summed E-state index contributed by atoms with van der Waals surface area (Å²) in [6.07, 6.45) is 4.28. The van der Waals surface area contributed by atoms with Crippen LogP contribution in [-0.2, 0) is 14.3 Å². The number of hydrogen-bond acceptors (Lipinski definition) is 7. The second-order valence-corrected chi connectivity index (χ2v) is 7.29. The molecular formula is C19H23N7O3. The fourth-order valence-corrected chi connectivity index (χ4v) is 3.89. The molecule has 2 saturated heterocycles. The van der Waals surface area contributed by atoms with Gasteiger partial charge < -0.3 is 19.3 Å². The number of carbonyl (C=O) groups excluding carboxylic acids is 1. The maximum atomic E-state index is 12.7. The third kappa shape index (κ3) is 3.23. The van der Waals surface area contributed by atoms with Crippen LogP contribution in [0.3, 0.4) is 0 Å². The number of anilines is 2. The zero-order valence-corrected chi connectivity index (χ0v) is 16.2. The highest BCUT2D eigenvalue weighted by Gasteiger charge is 2.27. The first kappa shape index (κ1) is 18.1. The molecule has 0 spiro atoms. The van der Waals surface area contributed by atoms with Gasteiger partial charge in [-0.05, 0) is 13.3 Å². The Labute approximate surface area is 167 Å². The number of nitrogens with one attached hydrogen (secondary N) is 1. The average molecular weight is 397 g/mol. The molecule has 29 heavy (non-hydrogen) atoms. The maximum absolute atomic E-state index is 12.7. The van der Waals surface area contributed by atoms with E-state index in [1.807, 2.05) is 12.1 Å². The van der Waals surface area contributed by atoms with E-state index in [1.165, 1.54) is 0 Å². The van der Waals surface area contributed by atoms with Gasteiger partial charge in [0.05, 0.1) is 36.5 Å². The third-order valence-electron chi connectivity index (χ3n) is 5.36.